The van der Waals surface area contributed by atoms with Gasteiger partial charge in [-0.15, -0.1) is 0 Å². The number of nitrogens with zero attached hydrogens (tertiary/aromatic N) is 3. The number of furan rings is 1. The molecule has 2 aliphatic heterocycles. The average Bonchev–Trinajstić information content (AvgIpc) is 3.17. The Bertz CT molecular complexity index is 999. The number of nitriles is 2. The highest BCUT2D eigenvalue weighted by Gasteiger charge is 2.42. The number of hydrogen-bond donors (Lipinski definition) is 2. The van der Waals surface area contributed by atoms with Gasteiger partial charge in [0.15, 0.2) is 0 Å². The first kappa shape index (κ1) is 14.0. The summed E-state index contributed by atoms with van der Waals surface area (Å²) in [6.07, 6.45) is 0. The summed E-state index contributed by atoms with van der Waals surface area (Å²) in [4.78, 5) is 1.90. The van der Waals surface area contributed by atoms with E-state index in [9.17, 15) is 10.5 Å². The molecule has 0 amide bonds. The molecule has 3 N–H and O–H groups in total. The lowest BCUT2D eigenvalue weighted by molar-refractivity contribution is 0.460. The minimum absolute atomic E-state index is 0.186. The molecular weight excluding hydrogens is 302 g/mol. The molecule has 0 saturated heterocycles. The van der Waals surface area contributed by atoms with Crippen molar-refractivity contribution >= 4 is 11.4 Å². The summed E-state index contributed by atoms with van der Waals surface area (Å²) < 4.78 is 5.78. The maximum atomic E-state index is 9.67. The van der Waals surface area contributed by atoms with E-state index in [4.69, 9.17) is 10.2 Å². The van der Waals surface area contributed by atoms with Crippen LogP contribution in [0.15, 0.2) is 63.5 Å². The van der Waals surface area contributed by atoms with Gasteiger partial charge in [0, 0.05) is 0 Å². The standard InChI is InChI=1S/C18H13N5O/c1-10-6-7-15(24-10)17-11(8-19)16(21)12(9-20)18-22-13-4-2-3-5-14(13)23(17)18/h2-7,17,22H,21H2,1H3. The molecule has 2 aromatic rings. The second kappa shape index (κ2) is 4.94. The second-order valence-corrected chi connectivity index (χ2v) is 5.64. The molecule has 116 valence electrons. The smallest absolute Gasteiger partial charge is 0.132 e. The first-order valence-electron chi connectivity index (χ1n) is 7.41. The van der Waals surface area contributed by atoms with E-state index in [0.29, 0.717) is 17.2 Å². The number of para-hydroxylation sites is 2. The Balaban J connectivity index is 2.01. The Labute approximate surface area is 138 Å². The van der Waals surface area contributed by atoms with Crippen LogP contribution in [-0.4, -0.2) is 0 Å². The molecule has 3 heterocycles. The Hall–Kier alpha value is -3.64. The molecule has 1 aromatic heterocycles. The fourth-order valence-corrected chi connectivity index (χ4v) is 3.19. The lowest BCUT2D eigenvalue weighted by Gasteiger charge is -2.33. The Morgan fingerprint density at radius 2 is 1.96 bits per heavy atom. The molecule has 6 heteroatoms. The number of allylic oxidation sites excluding steroid dienone is 1. The van der Waals surface area contributed by atoms with E-state index in [1.54, 1.807) is 0 Å². The topological polar surface area (TPSA) is 102 Å². The van der Waals surface area contributed by atoms with Gasteiger partial charge in [0.1, 0.15) is 35.0 Å². The fraction of sp³-hybridized carbons (Fsp3) is 0.111. The Morgan fingerprint density at radius 1 is 1.17 bits per heavy atom. The first-order valence-corrected chi connectivity index (χ1v) is 7.41. The summed E-state index contributed by atoms with van der Waals surface area (Å²) in [5.74, 6) is 1.94. The van der Waals surface area contributed by atoms with Gasteiger partial charge in [-0.05, 0) is 31.2 Å². The zero-order chi connectivity index (χ0) is 16.8. The van der Waals surface area contributed by atoms with E-state index in [2.05, 4.69) is 17.5 Å². The number of anilines is 2. The van der Waals surface area contributed by atoms with Gasteiger partial charge in [-0.1, -0.05) is 12.1 Å². The van der Waals surface area contributed by atoms with Gasteiger partial charge < -0.3 is 20.4 Å². The van der Waals surface area contributed by atoms with Gasteiger partial charge in [0.25, 0.3) is 0 Å². The number of rotatable bonds is 1. The fourth-order valence-electron chi connectivity index (χ4n) is 3.19. The molecule has 24 heavy (non-hydrogen) atoms. The molecule has 0 aliphatic carbocycles. The second-order valence-electron chi connectivity index (χ2n) is 5.64. The lowest BCUT2D eigenvalue weighted by atomic mass is 9.94. The summed E-state index contributed by atoms with van der Waals surface area (Å²) >= 11 is 0. The molecular formula is C18H13N5O. The number of nitrogens with one attached hydrogen (secondary N) is 1. The summed E-state index contributed by atoms with van der Waals surface area (Å²) in [5.41, 5.74) is 8.63. The van der Waals surface area contributed by atoms with Crippen LogP contribution in [0.2, 0.25) is 0 Å². The van der Waals surface area contributed by atoms with Gasteiger partial charge in [0.05, 0.1) is 28.7 Å². The van der Waals surface area contributed by atoms with E-state index in [1.807, 2.05) is 48.2 Å². The molecule has 0 bridgehead atoms. The zero-order valence-electron chi connectivity index (χ0n) is 12.9. The highest BCUT2D eigenvalue weighted by atomic mass is 16.3. The molecule has 0 fully saturated rings. The van der Waals surface area contributed by atoms with Crippen LogP contribution in [0.1, 0.15) is 17.6 Å². The molecule has 1 aromatic carbocycles. The number of fused-ring (bicyclic) bond motifs is 3. The van der Waals surface area contributed by atoms with Crippen molar-refractivity contribution in [3.05, 3.63) is 70.6 Å². The van der Waals surface area contributed by atoms with E-state index in [-0.39, 0.29) is 11.3 Å². The minimum atomic E-state index is -0.507. The van der Waals surface area contributed by atoms with Crippen LogP contribution < -0.4 is 16.0 Å². The third kappa shape index (κ3) is 1.74. The molecule has 0 radical (unpaired) electrons. The Kier molecular flexibility index (Phi) is 2.88. The lowest BCUT2D eigenvalue weighted by Crippen LogP contribution is -2.34. The quantitative estimate of drug-likeness (QED) is 0.838. The third-order valence-corrected chi connectivity index (χ3v) is 4.25. The summed E-state index contributed by atoms with van der Waals surface area (Å²) in [6.45, 7) is 1.85. The highest BCUT2D eigenvalue weighted by Crippen LogP contribution is 2.49. The number of hydrogen-bond acceptors (Lipinski definition) is 6. The van der Waals surface area contributed by atoms with Gasteiger partial charge >= 0.3 is 0 Å². The van der Waals surface area contributed by atoms with Crippen molar-refractivity contribution in [1.29, 1.82) is 10.5 Å². The van der Waals surface area contributed by atoms with Gasteiger partial charge in [-0.25, -0.2) is 0 Å². The Morgan fingerprint density at radius 3 is 2.62 bits per heavy atom. The summed E-state index contributed by atoms with van der Waals surface area (Å²) in [7, 11) is 0. The molecule has 1 unspecified atom stereocenters. The van der Waals surface area contributed by atoms with Crippen molar-refractivity contribution in [1.82, 2.24) is 0 Å². The zero-order valence-corrected chi connectivity index (χ0v) is 12.9. The van der Waals surface area contributed by atoms with Crippen LogP contribution in [0.25, 0.3) is 0 Å². The van der Waals surface area contributed by atoms with E-state index < -0.39 is 6.04 Å². The predicted octanol–water partition coefficient (Wildman–Crippen LogP) is 3.05. The highest BCUT2D eigenvalue weighted by molar-refractivity contribution is 5.85. The van der Waals surface area contributed by atoms with Gasteiger partial charge in [-0.3, -0.25) is 0 Å². The van der Waals surface area contributed by atoms with Crippen molar-refractivity contribution in [2.75, 3.05) is 10.2 Å². The van der Waals surface area contributed by atoms with E-state index >= 15 is 0 Å². The molecule has 6 nitrogen and oxygen atoms in total. The SMILES string of the molecule is Cc1ccc(C2C(C#N)=C(N)C(C#N)=C3Nc4ccccc4N32)o1. The van der Waals surface area contributed by atoms with Gasteiger partial charge in [0.2, 0.25) is 0 Å². The van der Waals surface area contributed by atoms with E-state index in [0.717, 1.165) is 17.1 Å². The monoisotopic (exact) mass is 315 g/mol. The summed E-state index contributed by atoms with van der Waals surface area (Å²) in [6, 6.07) is 15.1. The van der Waals surface area contributed by atoms with Crippen molar-refractivity contribution in [3.63, 3.8) is 0 Å². The van der Waals surface area contributed by atoms with Crippen LogP contribution in [0, 0.1) is 29.6 Å². The van der Waals surface area contributed by atoms with Crippen molar-refractivity contribution in [2.45, 2.75) is 13.0 Å². The van der Waals surface area contributed by atoms with Crippen LogP contribution in [0.5, 0.6) is 0 Å². The van der Waals surface area contributed by atoms with Crippen LogP contribution in [-0.2, 0) is 0 Å². The van der Waals surface area contributed by atoms with Crippen molar-refractivity contribution in [2.24, 2.45) is 5.73 Å². The van der Waals surface area contributed by atoms with Crippen LogP contribution in [0.3, 0.4) is 0 Å². The average molecular weight is 315 g/mol. The molecule has 2 aliphatic rings. The first-order chi connectivity index (χ1) is 11.7. The number of benzene rings is 1. The van der Waals surface area contributed by atoms with E-state index in [1.165, 1.54) is 0 Å². The third-order valence-electron chi connectivity index (χ3n) is 4.25. The normalized spacial score (nSPS) is 18.6. The molecule has 0 spiro atoms. The van der Waals surface area contributed by atoms with Crippen molar-refractivity contribution in [3.8, 4) is 12.1 Å². The maximum Gasteiger partial charge on any atom is 0.132 e. The maximum absolute atomic E-state index is 9.67. The molecule has 4 rings (SSSR count). The predicted molar refractivity (Wildman–Crippen MR) is 88.2 cm³/mol. The van der Waals surface area contributed by atoms with Crippen LogP contribution in [0.4, 0.5) is 11.4 Å². The van der Waals surface area contributed by atoms with Crippen molar-refractivity contribution < 1.29 is 4.42 Å². The summed E-state index contributed by atoms with van der Waals surface area (Å²) in [5, 5.41) is 22.4. The largest absolute Gasteiger partial charge is 0.464 e. The van der Waals surface area contributed by atoms with Gasteiger partial charge in [-0.2, -0.15) is 10.5 Å². The number of nitrogens with two attached hydrogens (primary N) is 1. The van der Waals surface area contributed by atoms with Crippen LogP contribution >= 0.6 is 0 Å². The number of aryl methyl sites for hydroxylation is 1. The molecule has 0 saturated carbocycles. The minimum Gasteiger partial charge on any atom is -0.464 e. The molecule has 1 atom stereocenters.